The molecule has 4 heteroatoms. The fourth-order valence-corrected chi connectivity index (χ4v) is 2.64. The van der Waals surface area contributed by atoms with Gasteiger partial charge < -0.3 is 4.48 Å². The number of unbranched alkanes of at least 4 members (excludes halogenated alkanes) is 4. The number of rotatable bonds is 12. The standard InChI is InChI=1S/C16H36N.2BrH.Pb/c1-5-9-13-17(14-10-6-2,15-11-7-3)16-12-8-4;;;/h5-16H2,1-4H3;2*1H;/q+1;;;+2/p-2. The van der Waals surface area contributed by atoms with E-state index >= 15 is 0 Å². The van der Waals surface area contributed by atoms with E-state index in [4.69, 9.17) is 0 Å². The molecular formula is C16H36Br2NPb+. The molecule has 0 unspecified atom stereocenters. The summed E-state index contributed by atoms with van der Waals surface area (Å²) in [7, 11) is 0. The number of quaternary nitrogens is 1. The van der Waals surface area contributed by atoms with Crippen molar-refractivity contribution in [2.45, 2.75) is 79.1 Å². The van der Waals surface area contributed by atoms with Crippen LogP contribution in [0.25, 0.3) is 0 Å². The molecule has 0 saturated carbocycles. The second kappa shape index (κ2) is 18.9. The van der Waals surface area contributed by atoms with Gasteiger partial charge in [-0.2, -0.15) is 0 Å². The summed E-state index contributed by atoms with van der Waals surface area (Å²) in [6.45, 7) is 15.0. The predicted octanol–water partition coefficient (Wildman–Crippen LogP) is 6.31. The molecule has 0 aromatic rings. The van der Waals surface area contributed by atoms with Gasteiger partial charge in [-0.3, -0.25) is 0 Å². The van der Waals surface area contributed by atoms with Gasteiger partial charge in [-0.25, -0.2) is 0 Å². The summed E-state index contributed by atoms with van der Waals surface area (Å²) in [5, 5.41) is 0. The van der Waals surface area contributed by atoms with E-state index in [1.807, 2.05) is 0 Å². The number of halogens is 2. The normalized spacial score (nSPS) is 11.1. The summed E-state index contributed by atoms with van der Waals surface area (Å²) in [6.07, 6.45) is 11.1. The van der Waals surface area contributed by atoms with Crippen LogP contribution in [0.5, 0.6) is 0 Å². The van der Waals surface area contributed by atoms with Gasteiger partial charge in [-0.1, -0.05) is 53.4 Å². The van der Waals surface area contributed by atoms with Gasteiger partial charge in [0.15, 0.2) is 0 Å². The van der Waals surface area contributed by atoms with Crippen molar-refractivity contribution in [1.82, 2.24) is 0 Å². The molecule has 0 spiro atoms. The average Bonchev–Trinajstić information content (AvgIpc) is 2.46. The van der Waals surface area contributed by atoms with E-state index in [9.17, 15) is 0 Å². The zero-order valence-corrected chi connectivity index (χ0v) is 21.2. The molecule has 0 amide bonds. The van der Waals surface area contributed by atoms with Crippen LogP contribution in [0.4, 0.5) is 0 Å². The molecule has 0 N–H and O–H groups in total. The van der Waals surface area contributed by atoms with Crippen molar-refractivity contribution in [3.8, 4) is 0 Å². The quantitative estimate of drug-likeness (QED) is 0.180. The number of nitrogens with zero attached hydrogens (tertiary/aromatic N) is 1. The molecule has 20 heavy (non-hydrogen) atoms. The first-order chi connectivity index (χ1) is 9.66. The van der Waals surface area contributed by atoms with Crippen molar-refractivity contribution in [2.24, 2.45) is 0 Å². The fourth-order valence-electron chi connectivity index (χ4n) is 2.64. The predicted molar refractivity (Wildman–Crippen MR) is 103 cm³/mol. The monoisotopic (exact) mass is 608 g/mol. The van der Waals surface area contributed by atoms with E-state index < -0.39 is 0 Å². The molecule has 0 aliphatic rings. The number of hydrogen-bond donors (Lipinski definition) is 0. The van der Waals surface area contributed by atoms with Gasteiger partial charge in [0.25, 0.3) is 0 Å². The summed E-state index contributed by atoms with van der Waals surface area (Å²) < 4.78 is 1.42. The van der Waals surface area contributed by atoms with E-state index in [1.165, 1.54) is 82.0 Å². The van der Waals surface area contributed by atoms with Crippen LogP contribution >= 0.6 is 24.0 Å². The van der Waals surface area contributed by atoms with Gasteiger partial charge >= 0.3 is 43.4 Å². The van der Waals surface area contributed by atoms with Crippen LogP contribution in [0, 0.1) is 0 Å². The minimum absolute atomic E-state index is 0.292. The SMILES string of the molecule is CCCC[N+](CCCC)(CCCC)CCCC.[Br][Pb][Br]. The molecular weight excluding hydrogens is 573 g/mol. The van der Waals surface area contributed by atoms with Crippen molar-refractivity contribution in [1.29, 1.82) is 0 Å². The maximum absolute atomic E-state index is 3.26. The van der Waals surface area contributed by atoms with Crippen LogP contribution < -0.4 is 0 Å². The van der Waals surface area contributed by atoms with Crippen molar-refractivity contribution < 1.29 is 4.48 Å². The van der Waals surface area contributed by atoms with Crippen LogP contribution in [-0.2, 0) is 0 Å². The third-order valence-electron chi connectivity index (χ3n) is 3.94. The van der Waals surface area contributed by atoms with Crippen molar-refractivity contribution in [2.75, 3.05) is 26.2 Å². The van der Waals surface area contributed by atoms with E-state index in [0.29, 0.717) is 0 Å². The van der Waals surface area contributed by atoms with E-state index in [1.54, 1.807) is 0 Å². The van der Waals surface area contributed by atoms with Gasteiger partial charge in [0.1, 0.15) is 0 Å². The van der Waals surface area contributed by atoms with Crippen molar-refractivity contribution >= 4 is 43.4 Å². The van der Waals surface area contributed by atoms with E-state index in [0.717, 1.165) is 0 Å². The Bertz CT molecular complexity index is 142. The maximum atomic E-state index is 3.26. The minimum atomic E-state index is -0.292. The summed E-state index contributed by atoms with van der Waals surface area (Å²) in [5.41, 5.74) is 0. The molecule has 0 bridgehead atoms. The molecule has 0 aliphatic carbocycles. The van der Waals surface area contributed by atoms with Crippen LogP contribution in [0.3, 0.4) is 0 Å². The Morgan fingerprint density at radius 3 is 0.950 bits per heavy atom. The van der Waals surface area contributed by atoms with Gasteiger partial charge in [0.2, 0.25) is 0 Å². The molecule has 0 aromatic heterocycles. The Hall–Kier alpha value is 1.84. The van der Waals surface area contributed by atoms with Crippen LogP contribution in [0.2, 0.25) is 0 Å². The molecule has 0 fully saturated rings. The van der Waals surface area contributed by atoms with Gasteiger partial charge in [0, 0.05) is 0 Å². The zero-order valence-electron chi connectivity index (χ0n) is 14.2. The third kappa shape index (κ3) is 14.8. The van der Waals surface area contributed by atoms with Gasteiger partial charge in [-0.05, 0) is 25.7 Å². The van der Waals surface area contributed by atoms with Crippen molar-refractivity contribution in [3.05, 3.63) is 0 Å². The first kappa shape index (κ1) is 24.1. The second-order valence-corrected chi connectivity index (χ2v) is 22.6. The van der Waals surface area contributed by atoms with Gasteiger partial charge in [0.05, 0.1) is 26.2 Å². The second-order valence-electron chi connectivity index (χ2n) is 5.72. The van der Waals surface area contributed by atoms with Crippen LogP contribution in [0.15, 0.2) is 0 Å². The summed E-state index contributed by atoms with van der Waals surface area (Å²) >= 11 is 6.22. The Morgan fingerprint density at radius 2 is 0.800 bits per heavy atom. The fraction of sp³-hybridized carbons (Fsp3) is 1.00. The molecule has 0 saturated heterocycles. The first-order valence-electron chi connectivity index (χ1n) is 8.47. The van der Waals surface area contributed by atoms with Crippen molar-refractivity contribution in [3.63, 3.8) is 0 Å². The van der Waals surface area contributed by atoms with E-state index in [2.05, 4.69) is 51.7 Å². The third-order valence-corrected chi connectivity index (χ3v) is 3.94. The average molecular weight is 609 g/mol. The Kier molecular flexibility index (Phi) is 22.8. The molecule has 122 valence electrons. The molecule has 0 aliphatic heterocycles. The topological polar surface area (TPSA) is 0 Å². The summed E-state index contributed by atoms with van der Waals surface area (Å²) in [5.74, 6) is 0. The van der Waals surface area contributed by atoms with Crippen LogP contribution in [0.1, 0.15) is 79.1 Å². The Morgan fingerprint density at radius 1 is 0.600 bits per heavy atom. The molecule has 1 nitrogen and oxygen atoms in total. The zero-order chi connectivity index (χ0) is 15.7. The molecule has 0 heterocycles. The molecule has 2 radical (unpaired) electrons. The Balaban J connectivity index is 0. The molecule has 0 rings (SSSR count). The van der Waals surface area contributed by atoms with Gasteiger partial charge in [-0.15, -0.1) is 0 Å². The molecule has 0 aromatic carbocycles. The Labute approximate surface area is 152 Å². The molecule has 0 atom stereocenters. The van der Waals surface area contributed by atoms with Crippen LogP contribution in [-0.4, -0.2) is 50.1 Å². The number of hydrogen-bond acceptors (Lipinski definition) is 0. The summed E-state index contributed by atoms with van der Waals surface area (Å²) in [4.78, 5) is 0. The summed E-state index contributed by atoms with van der Waals surface area (Å²) in [6, 6.07) is 0. The first-order valence-corrected chi connectivity index (χ1v) is 25.3. The van der Waals surface area contributed by atoms with E-state index in [-0.39, 0.29) is 19.4 Å².